The van der Waals surface area contributed by atoms with Crippen molar-refractivity contribution in [2.45, 2.75) is 20.1 Å². The highest BCUT2D eigenvalue weighted by atomic mass is 35.5. The summed E-state index contributed by atoms with van der Waals surface area (Å²) in [6, 6.07) is 21.0. The molecule has 0 unspecified atom stereocenters. The van der Waals surface area contributed by atoms with Crippen molar-refractivity contribution in [3.8, 4) is 5.75 Å². The van der Waals surface area contributed by atoms with Crippen molar-refractivity contribution < 1.29 is 9.53 Å². The van der Waals surface area contributed by atoms with Crippen molar-refractivity contribution in [2.24, 2.45) is 0 Å². The predicted octanol–water partition coefficient (Wildman–Crippen LogP) is 5.79. The van der Waals surface area contributed by atoms with E-state index in [1.807, 2.05) is 77.6 Å². The molecule has 7 heteroatoms. The molecule has 0 aliphatic rings. The fourth-order valence-electron chi connectivity index (χ4n) is 3.03. The van der Waals surface area contributed by atoms with Crippen LogP contribution in [0.3, 0.4) is 0 Å². The topological polar surface area (TPSA) is 56.2 Å². The minimum absolute atomic E-state index is 0.163. The monoisotopic (exact) mass is 437 g/mol. The lowest BCUT2D eigenvalue weighted by molar-refractivity contribution is 0.103. The van der Waals surface area contributed by atoms with E-state index < -0.39 is 0 Å². The fourth-order valence-corrected chi connectivity index (χ4v) is 3.84. The molecular weight excluding hydrogens is 418 g/mol. The number of carbonyl (C=O) groups excluding carboxylic acids is 1. The maximum atomic E-state index is 12.3. The van der Waals surface area contributed by atoms with E-state index in [4.69, 9.17) is 16.3 Å². The summed E-state index contributed by atoms with van der Waals surface area (Å²) in [7, 11) is 0. The molecule has 0 saturated heterocycles. The summed E-state index contributed by atoms with van der Waals surface area (Å²) in [5.41, 5.74) is 2.93. The summed E-state index contributed by atoms with van der Waals surface area (Å²) in [6.45, 7) is 2.89. The molecule has 1 amide bonds. The Kier molecular flexibility index (Phi) is 6.16. The molecule has 2 heterocycles. The Hall–Kier alpha value is -3.09. The number of aryl methyl sites for hydroxylation is 1. The maximum absolute atomic E-state index is 12.3. The molecule has 152 valence electrons. The molecule has 0 spiro atoms. The number of halogens is 1. The van der Waals surface area contributed by atoms with Gasteiger partial charge in [-0.15, -0.1) is 11.3 Å². The molecule has 30 heavy (non-hydrogen) atoms. The van der Waals surface area contributed by atoms with Crippen molar-refractivity contribution in [1.29, 1.82) is 0 Å². The first kappa shape index (κ1) is 20.2. The first-order chi connectivity index (χ1) is 14.6. The molecule has 0 saturated carbocycles. The summed E-state index contributed by atoms with van der Waals surface area (Å²) >= 11 is 7.62. The molecule has 0 aliphatic heterocycles. The molecule has 2 aromatic carbocycles. The van der Waals surface area contributed by atoms with E-state index in [0.29, 0.717) is 28.9 Å². The molecule has 0 aliphatic carbocycles. The first-order valence-corrected chi connectivity index (χ1v) is 10.7. The molecule has 4 rings (SSSR count). The van der Waals surface area contributed by atoms with Gasteiger partial charge in [0.2, 0.25) is 0 Å². The summed E-state index contributed by atoms with van der Waals surface area (Å²) in [5, 5.41) is 9.88. The van der Waals surface area contributed by atoms with Crippen LogP contribution >= 0.6 is 22.9 Å². The van der Waals surface area contributed by atoms with Gasteiger partial charge in [0.05, 0.1) is 11.4 Å². The van der Waals surface area contributed by atoms with Crippen LogP contribution in [0, 0.1) is 6.92 Å². The van der Waals surface area contributed by atoms with Gasteiger partial charge in [-0.3, -0.25) is 9.48 Å². The normalized spacial score (nSPS) is 10.7. The van der Waals surface area contributed by atoms with Gasteiger partial charge < -0.3 is 10.1 Å². The van der Waals surface area contributed by atoms with Gasteiger partial charge in [-0.1, -0.05) is 48.0 Å². The van der Waals surface area contributed by atoms with Crippen LogP contribution in [-0.2, 0) is 13.2 Å². The zero-order valence-corrected chi connectivity index (χ0v) is 17.9. The van der Waals surface area contributed by atoms with Gasteiger partial charge in [-0.05, 0) is 42.1 Å². The van der Waals surface area contributed by atoms with Gasteiger partial charge in [-0.25, -0.2) is 0 Å². The lowest BCUT2D eigenvalue weighted by Gasteiger charge is -2.13. The summed E-state index contributed by atoms with van der Waals surface area (Å²) in [5.74, 6) is 1.10. The summed E-state index contributed by atoms with van der Waals surface area (Å²) < 4.78 is 7.87. The van der Waals surface area contributed by atoms with E-state index >= 15 is 0 Å². The summed E-state index contributed by atoms with van der Waals surface area (Å²) in [4.78, 5) is 12.9. The highest BCUT2D eigenvalue weighted by Crippen LogP contribution is 2.26. The lowest BCUT2D eigenvalue weighted by atomic mass is 10.2. The third-order valence-corrected chi connectivity index (χ3v) is 5.65. The van der Waals surface area contributed by atoms with Crippen LogP contribution < -0.4 is 10.1 Å². The number of amides is 1. The fraction of sp³-hybridized carbons (Fsp3) is 0.130. The average Bonchev–Trinajstić information content (AvgIpc) is 3.39. The number of thiophene rings is 1. The Morgan fingerprint density at radius 1 is 1.13 bits per heavy atom. The van der Waals surface area contributed by atoms with Gasteiger partial charge >= 0.3 is 0 Å². The zero-order valence-electron chi connectivity index (χ0n) is 16.3. The van der Waals surface area contributed by atoms with E-state index in [0.717, 1.165) is 22.6 Å². The largest absolute Gasteiger partial charge is 0.489 e. The molecule has 0 radical (unpaired) electrons. The van der Waals surface area contributed by atoms with Crippen LogP contribution in [0.25, 0.3) is 0 Å². The smallest absolute Gasteiger partial charge is 0.266 e. The molecule has 0 fully saturated rings. The maximum Gasteiger partial charge on any atom is 0.266 e. The summed E-state index contributed by atoms with van der Waals surface area (Å²) in [6.07, 6.45) is 0. The molecule has 0 bridgehead atoms. The number of nitrogens with one attached hydrogen (secondary N) is 1. The standard InChI is InChI=1S/C23H20ClN3O2S/c1-16-12-22(25-23(28)21-8-5-11-30-21)26-27(16)14-18-13-19(24)9-10-20(18)29-15-17-6-3-2-4-7-17/h2-13H,14-15H2,1H3,(H,25,26,28). The van der Waals surface area contributed by atoms with Crippen molar-refractivity contribution in [2.75, 3.05) is 5.32 Å². The van der Waals surface area contributed by atoms with Gasteiger partial charge in [0, 0.05) is 22.3 Å². The molecule has 0 atom stereocenters. The number of rotatable bonds is 7. The van der Waals surface area contributed by atoms with Gasteiger partial charge in [0.25, 0.3) is 5.91 Å². The first-order valence-electron chi connectivity index (χ1n) is 9.43. The van der Waals surface area contributed by atoms with Gasteiger partial charge in [0.1, 0.15) is 12.4 Å². The van der Waals surface area contributed by atoms with Crippen molar-refractivity contribution in [1.82, 2.24) is 9.78 Å². The van der Waals surface area contributed by atoms with Gasteiger partial charge in [-0.2, -0.15) is 5.10 Å². The third kappa shape index (κ3) is 4.90. The Morgan fingerprint density at radius 3 is 2.73 bits per heavy atom. The number of benzene rings is 2. The minimum Gasteiger partial charge on any atom is -0.489 e. The van der Waals surface area contributed by atoms with E-state index in [-0.39, 0.29) is 5.91 Å². The Balaban J connectivity index is 1.50. The number of nitrogens with zero attached hydrogens (tertiary/aromatic N) is 2. The minimum atomic E-state index is -0.163. The van der Waals surface area contributed by atoms with Crippen molar-refractivity contribution in [3.63, 3.8) is 0 Å². The highest BCUT2D eigenvalue weighted by molar-refractivity contribution is 7.12. The molecule has 4 aromatic rings. The second-order valence-electron chi connectivity index (χ2n) is 6.79. The molecule has 1 N–H and O–H groups in total. The van der Waals surface area contributed by atoms with Crippen LogP contribution in [0.2, 0.25) is 5.02 Å². The third-order valence-electron chi connectivity index (χ3n) is 4.55. The Labute approximate surface area is 183 Å². The van der Waals surface area contributed by atoms with Crippen molar-refractivity contribution >= 4 is 34.7 Å². The molecule has 5 nitrogen and oxygen atoms in total. The van der Waals surface area contributed by atoms with Crippen LogP contribution in [0.5, 0.6) is 5.75 Å². The second kappa shape index (κ2) is 9.15. The number of aromatic nitrogens is 2. The Morgan fingerprint density at radius 2 is 1.97 bits per heavy atom. The van der Waals surface area contributed by atoms with E-state index in [1.54, 1.807) is 6.07 Å². The zero-order chi connectivity index (χ0) is 20.9. The van der Waals surface area contributed by atoms with E-state index in [2.05, 4.69) is 10.4 Å². The SMILES string of the molecule is Cc1cc(NC(=O)c2cccs2)nn1Cc1cc(Cl)ccc1OCc1ccccc1. The Bertz CT molecular complexity index is 1140. The van der Waals surface area contributed by atoms with Crippen LogP contribution in [0.15, 0.2) is 72.1 Å². The molecule has 2 aromatic heterocycles. The molecular formula is C23H20ClN3O2S. The quantitative estimate of drug-likeness (QED) is 0.398. The predicted molar refractivity (Wildman–Crippen MR) is 121 cm³/mol. The van der Waals surface area contributed by atoms with Gasteiger partial charge in [0.15, 0.2) is 5.82 Å². The number of hydrogen-bond donors (Lipinski definition) is 1. The van der Waals surface area contributed by atoms with Crippen LogP contribution in [0.1, 0.15) is 26.5 Å². The van der Waals surface area contributed by atoms with Crippen molar-refractivity contribution in [3.05, 3.63) is 98.8 Å². The van der Waals surface area contributed by atoms with Crippen LogP contribution in [0.4, 0.5) is 5.82 Å². The van der Waals surface area contributed by atoms with Crippen LogP contribution in [-0.4, -0.2) is 15.7 Å². The highest BCUT2D eigenvalue weighted by Gasteiger charge is 2.13. The number of anilines is 1. The van der Waals surface area contributed by atoms with E-state index in [9.17, 15) is 4.79 Å². The second-order valence-corrected chi connectivity index (χ2v) is 8.17. The number of ether oxygens (including phenoxy) is 1. The average molecular weight is 438 g/mol. The number of hydrogen-bond acceptors (Lipinski definition) is 4. The van der Waals surface area contributed by atoms with E-state index in [1.165, 1.54) is 11.3 Å². The number of carbonyl (C=O) groups is 1. The lowest BCUT2D eigenvalue weighted by Crippen LogP contribution is -2.11.